The molecular formula is C11H16N6O2. The molecule has 0 fully saturated rings. The molecule has 19 heavy (non-hydrogen) atoms. The van der Waals surface area contributed by atoms with Crippen LogP contribution in [-0.4, -0.2) is 43.9 Å². The van der Waals surface area contributed by atoms with Crippen LogP contribution >= 0.6 is 0 Å². The lowest BCUT2D eigenvalue weighted by Gasteiger charge is -2.27. The van der Waals surface area contributed by atoms with Crippen molar-refractivity contribution in [3.8, 4) is 0 Å². The second-order valence-corrected chi connectivity index (χ2v) is 4.44. The van der Waals surface area contributed by atoms with E-state index in [-0.39, 0.29) is 5.97 Å². The van der Waals surface area contributed by atoms with E-state index in [4.69, 9.17) is 4.74 Å². The molecule has 1 atom stereocenters. The van der Waals surface area contributed by atoms with Gasteiger partial charge in [-0.05, 0) is 35.9 Å². The highest BCUT2D eigenvalue weighted by Gasteiger charge is 2.33. The van der Waals surface area contributed by atoms with Gasteiger partial charge in [-0.15, -0.1) is 14.8 Å². The summed E-state index contributed by atoms with van der Waals surface area (Å²) in [6.45, 7) is 3.79. The van der Waals surface area contributed by atoms with Crippen molar-refractivity contribution >= 4 is 17.4 Å². The summed E-state index contributed by atoms with van der Waals surface area (Å²) in [4.78, 5) is 11.9. The Morgan fingerprint density at radius 1 is 1.53 bits per heavy atom. The van der Waals surface area contributed by atoms with E-state index in [2.05, 4.69) is 25.9 Å². The highest BCUT2D eigenvalue weighted by Crippen LogP contribution is 2.20. The molecule has 1 unspecified atom stereocenters. The minimum absolute atomic E-state index is 0.326. The quantitative estimate of drug-likeness (QED) is 0.793. The van der Waals surface area contributed by atoms with Crippen LogP contribution in [0.1, 0.15) is 26.7 Å². The number of carbonyl (C=O) groups is 1. The summed E-state index contributed by atoms with van der Waals surface area (Å²) in [6, 6.07) is 3.45. The zero-order chi connectivity index (χ0) is 13.9. The van der Waals surface area contributed by atoms with Gasteiger partial charge in [-0.2, -0.15) is 0 Å². The van der Waals surface area contributed by atoms with Crippen LogP contribution in [0, 0.1) is 0 Å². The molecule has 0 aliphatic rings. The minimum Gasteiger partial charge on any atom is -0.467 e. The lowest BCUT2D eigenvalue weighted by atomic mass is 9.96. The highest BCUT2D eigenvalue weighted by molar-refractivity contribution is 5.83. The molecular weight excluding hydrogens is 248 g/mol. The number of hydrogen-bond acceptors (Lipinski definition) is 7. The van der Waals surface area contributed by atoms with Crippen molar-refractivity contribution < 1.29 is 9.53 Å². The first-order valence-corrected chi connectivity index (χ1v) is 6.01. The maximum atomic E-state index is 11.9. The molecule has 8 heteroatoms. The summed E-state index contributed by atoms with van der Waals surface area (Å²) in [6.07, 6.45) is 1.47. The van der Waals surface area contributed by atoms with Gasteiger partial charge in [0.05, 0.1) is 7.11 Å². The summed E-state index contributed by atoms with van der Waals surface area (Å²) in [7, 11) is 1.37. The van der Waals surface area contributed by atoms with Crippen LogP contribution in [-0.2, 0) is 9.53 Å². The SMILES string of the molecule is CCCC(C)(Nc1ccc2nnnn2n1)C(=O)OC. The van der Waals surface area contributed by atoms with E-state index >= 15 is 0 Å². The Balaban J connectivity index is 2.27. The second kappa shape index (κ2) is 5.17. The van der Waals surface area contributed by atoms with E-state index < -0.39 is 5.54 Å². The van der Waals surface area contributed by atoms with Gasteiger partial charge >= 0.3 is 5.97 Å². The van der Waals surface area contributed by atoms with Crippen LogP contribution in [0.5, 0.6) is 0 Å². The number of esters is 1. The summed E-state index contributed by atoms with van der Waals surface area (Å²) in [5.74, 6) is 0.189. The number of tetrazole rings is 1. The zero-order valence-electron chi connectivity index (χ0n) is 11.1. The Morgan fingerprint density at radius 2 is 2.32 bits per heavy atom. The molecule has 102 valence electrons. The Morgan fingerprint density at radius 3 is 3.00 bits per heavy atom. The van der Waals surface area contributed by atoms with Crippen LogP contribution in [0.2, 0.25) is 0 Å². The molecule has 1 N–H and O–H groups in total. The highest BCUT2D eigenvalue weighted by atomic mass is 16.5. The van der Waals surface area contributed by atoms with E-state index in [1.807, 2.05) is 6.92 Å². The average Bonchev–Trinajstić information content (AvgIpc) is 2.85. The molecule has 0 spiro atoms. The van der Waals surface area contributed by atoms with Gasteiger partial charge in [0.1, 0.15) is 11.4 Å². The van der Waals surface area contributed by atoms with Gasteiger partial charge in [-0.25, -0.2) is 4.79 Å². The third-order valence-electron chi connectivity index (χ3n) is 2.86. The lowest BCUT2D eigenvalue weighted by Crippen LogP contribution is -2.44. The fourth-order valence-corrected chi connectivity index (χ4v) is 1.94. The molecule has 0 aliphatic carbocycles. The Hall–Kier alpha value is -2.25. The van der Waals surface area contributed by atoms with Crippen molar-refractivity contribution in [1.82, 2.24) is 25.3 Å². The molecule has 0 radical (unpaired) electrons. The van der Waals surface area contributed by atoms with Gasteiger partial charge in [0.2, 0.25) is 0 Å². The number of anilines is 1. The van der Waals surface area contributed by atoms with E-state index in [1.54, 1.807) is 19.1 Å². The molecule has 0 bridgehead atoms. The number of fused-ring (bicyclic) bond motifs is 1. The van der Waals surface area contributed by atoms with Gasteiger partial charge in [0.15, 0.2) is 5.65 Å². The zero-order valence-corrected chi connectivity index (χ0v) is 11.1. The van der Waals surface area contributed by atoms with Crippen molar-refractivity contribution in [3.05, 3.63) is 12.1 Å². The largest absolute Gasteiger partial charge is 0.467 e. The second-order valence-electron chi connectivity index (χ2n) is 4.44. The first-order valence-electron chi connectivity index (χ1n) is 6.01. The number of ether oxygens (including phenoxy) is 1. The van der Waals surface area contributed by atoms with Gasteiger partial charge < -0.3 is 10.1 Å². The molecule has 2 aromatic rings. The molecule has 2 aromatic heterocycles. The third kappa shape index (κ3) is 2.61. The van der Waals surface area contributed by atoms with Gasteiger partial charge in [-0.1, -0.05) is 13.3 Å². The summed E-state index contributed by atoms with van der Waals surface area (Å²) >= 11 is 0. The molecule has 0 saturated heterocycles. The lowest BCUT2D eigenvalue weighted by molar-refractivity contribution is -0.145. The molecule has 0 aromatic carbocycles. The normalized spacial score (nSPS) is 14.1. The summed E-state index contributed by atoms with van der Waals surface area (Å²) in [5.41, 5.74) is -0.279. The smallest absolute Gasteiger partial charge is 0.331 e. The van der Waals surface area contributed by atoms with Crippen molar-refractivity contribution in [1.29, 1.82) is 0 Å². The third-order valence-corrected chi connectivity index (χ3v) is 2.86. The summed E-state index contributed by atoms with van der Waals surface area (Å²) < 4.78 is 6.13. The van der Waals surface area contributed by atoms with Crippen molar-refractivity contribution in [2.75, 3.05) is 12.4 Å². The van der Waals surface area contributed by atoms with E-state index in [9.17, 15) is 4.79 Å². The van der Waals surface area contributed by atoms with Crippen LogP contribution in [0.25, 0.3) is 5.65 Å². The number of aromatic nitrogens is 5. The molecule has 2 rings (SSSR count). The topological polar surface area (TPSA) is 94.3 Å². The molecule has 0 saturated carbocycles. The first kappa shape index (κ1) is 13.2. The summed E-state index contributed by atoms with van der Waals surface area (Å²) in [5, 5.41) is 18.2. The van der Waals surface area contributed by atoms with Crippen LogP contribution in [0.3, 0.4) is 0 Å². The molecule has 8 nitrogen and oxygen atoms in total. The van der Waals surface area contributed by atoms with Gasteiger partial charge in [0, 0.05) is 0 Å². The first-order chi connectivity index (χ1) is 9.09. The van der Waals surface area contributed by atoms with E-state index in [0.29, 0.717) is 17.9 Å². The number of nitrogens with one attached hydrogen (secondary N) is 1. The standard InChI is InChI=1S/C11H16N6O2/c1-4-7-11(2,10(18)19-3)12-8-5-6-9-13-15-16-17(9)14-8/h5-6H,4,7H2,1-3H3,(H,12,14). The van der Waals surface area contributed by atoms with Crippen molar-refractivity contribution in [2.45, 2.75) is 32.2 Å². The number of carbonyl (C=O) groups excluding carboxylic acids is 1. The molecule has 0 aliphatic heterocycles. The molecule has 2 heterocycles. The Kier molecular flexibility index (Phi) is 3.59. The number of methoxy groups -OCH3 is 1. The number of nitrogens with zero attached hydrogens (tertiary/aromatic N) is 5. The maximum absolute atomic E-state index is 11.9. The van der Waals surface area contributed by atoms with Crippen LogP contribution in [0.15, 0.2) is 12.1 Å². The Bertz CT molecular complexity index is 583. The minimum atomic E-state index is -0.821. The fourth-order valence-electron chi connectivity index (χ4n) is 1.94. The fraction of sp³-hybridized carbons (Fsp3) is 0.545. The maximum Gasteiger partial charge on any atom is 0.331 e. The van der Waals surface area contributed by atoms with E-state index in [1.165, 1.54) is 11.7 Å². The monoisotopic (exact) mass is 264 g/mol. The van der Waals surface area contributed by atoms with Crippen LogP contribution in [0.4, 0.5) is 5.82 Å². The Labute approximate surface area is 110 Å². The number of rotatable bonds is 5. The van der Waals surface area contributed by atoms with Crippen molar-refractivity contribution in [2.24, 2.45) is 0 Å². The predicted molar refractivity (Wildman–Crippen MR) is 67.5 cm³/mol. The predicted octanol–water partition coefficient (Wildman–Crippen LogP) is 0.663. The number of hydrogen-bond donors (Lipinski definition) is 1. The molecule has 0 amide bonds. The van der Waals surface area contributed by atoms with Crippen LogP contribution < -0.4 is 5.32 Å². The van der Waals surface area contributed by atoms with E-state index in [0.717, 1.165) is 6.42 Å². The van der Waals surface area contributed by atoms with Gasteiger partial charge in [0.25, 0.3) is 0 Å². The van der Waals surface area contributed by atoms with Crippen molar-refractivity contribution in [3.63, 3.8) is 0 Å². The van der Waals surface area contributed by atoms with Gasteiger partial charge in [-0.3, -0.25) is 0 Å². The average molecular weight is 264 g/mol.